The Morgan fingerprint density at radius 1 is 1.16 bits per heavy atom. The molecule has 1 aromatic carbocycles. The fourth-order valence-electron chi connectivity index (χ4n) is 5.18. The van der Waals surface area contributed by atoms with E-state index in [-0.39, 0.29) is 17.4 Å². The van der Waals surface area contributed by atoms with Crippen LogP contribution in [0.2, 0.25) is 0 Å². The highest BCUT2D eigenvalue weighted by Crippen LogP contribution is 2.46. The van der Waals surface area contributed by atoms with E-state index in [2.05, 4.69) is 55.7 Å². The van der Waals surface area contributed by atoms with Crippen molar-refractivity contribution >= 4 is 11.8 Å². The molecule has 1 heterocycles. The summed E-state index contributed by atoms with van der Waals surface area (Å²) in [5.74, 6) is 0.534. The number of rotatable bonds is 6. The standard InChI is InChI=1S/C30H49N3O4/c1-21(2)24-11-8-12-25(19-24)30(14-15-30)31-20-27(34)26-18-22(3)10-9-17-37-16-7-6-13-28(35)33(5)23(4)29(36)32-26/h8,11-12,19,21-23,26-27,31,34H,6-7,9-10,13-18,20H2,1-5H3,(H,32,36)/t22-,23+,26+,27-/m1/s1. The van der Waals surface area contributed by atoms with Crippen LogP contribution in [0.5, 0.6) is 0 Å². The third-order valence-electron chi connectivity index (χ3n) is 8.22. The maximum absolute atomic E-state index is 13.2. The number of aliphatic hydroxyl groups excluding tert-OH is 1. The Morgan fingerprint density at radius 3 is 2.59 bits per heavy atom. The van der Waals surface area contributed by atoms with E-state index in [0.29, 0.717) is 44.4 Å². The number of ether oxygens (including phenoxy) is 1. The molecule has 2 aliphatic rings. The van der Waals surface area contributed by atoms with E-state index >= 15 is 0 Å². The second-order valence-corrected chi connectivity index (χ2v) is 11.7. The monoisotopic (exact) mass is 515 g/mol. The predicted octanol–water partition coefficient (Wildman–Crippen LogP) is 4.09. The molecule has 2 fully saturated rings. The summed E-state index contributed by atoms with van der Waals surface area (Å²) in [6, 6.07) is 7.75. The summed E-state index contributed by atoms with van der Waals surface area (Å²) in [5.41, 5.74) is 2.49. The first-order valence-electron chi connectivity index (χ1n) is 14.3. The number of benzene rings is 1. The summed E-state index contributed by atoms with van der Waals surface area (Å²) < 4.78 is 5.75. The van der Waals surface area contributed by atoms with Gasteiger partial charge in [-0.2, -0.15) is 0 Å². The van der Waals surface area contributed by atoms with Gasteiger partial charge in [0.25, 0.3) is 0 Å². The highest BCUT2D eigenvalue weighted by molar-refractivity contribution is 5.87. The number of hydrogen-bond donors (Lipinski definition) is 3. The second-order valence-electron chi connectivity index (χ2n) is 11.7. The Kier molecular flexibility index (Phi) is 11.0. The maximum atomic E-state index is 13.2. The number of nitrogens with zero attached hydrogens (tertiary/aromatic N) is 1. The van der Waals surface area contributed by atoms with Crippen LogP contribution in [0.4, 0.5) is 0 Å². The molecule has 2 amide bonds. The summed E-state index contributed by atoms with van der Waals surface area (Å²) in [6.45, 7) is 10.1. The van der Waals surface area contributed by atoms with Crippen LogP contribution in [0.15, 0.2) is 24.3 Å². The highest BCUT2D eigenvalue weighted by atomic mass is 16.5. The van der Waals surface area contributed by atoms with Gasteiger partial charge >= 0.3 is 0 Å². The van der Waals surface area contributed by atoms with Crippen molar-refractivity contribution in [2.75, 3.05) is 26.8 Å². The van der Waals surface area contributed by atoms with Gasteiger partial charge in [0.05, 0.1) is 12.1 Å². The molecule has 0 spiro atoms. The van der Waals surface area contributed by atoms with Crippen LogP contribution in [0, 0.1) is 5.92 Å². The average molecular weight is 516 g/mol. The van der Waals surface area contributed by atoms with Crippen molar-refractivity contribution in [1.82, 2.24) is 15.5 Å². The second kappa shape index (κ2) is 13.7. The van der Waals surface area contributed by atoms with Crippen LogP contribution in [-0.4, -0.2) is 66.8 Å². The van der Waals surface area contributed by atoms with Gasteiger partial charge < -0.3 is 25.4 Å². The number of nitrogens with one attached hydrogen (secondary N) is 2. The van der Waals surface area contributed by atoms with Crippen molar-refractivity contribution < 1.29 is 19.4 Å². The molecule has 37 heavy (non-hydrogen) atoms. The summed E-state index contributed by atoms with van der Waals surface area (Å²) >= 11 is 0. The van der Waals surface area contributed by atoms with Crippen molar-refractivity contribution in [3.05, 3.63) is 35.4 Å². The van der Waals surface area contributed by atoms with Gasteiger partial charge in [0.15, 0.2) is 0 Å². The van der Waals surface area contributed by atoms with Gasteiger partial charge in [-0.05, 0) is 74.8 Å². The topological polar surface area (TPSA) is 90.9 Å². The van der Waals surface area contributed by atoms with Crippen LogP contribution >= 0.6 is 0 Å². The van der Waals surface area contributed by atoms with E-state index in [4.69, 9.17) is 4.74 Å². The molecule has 1 aliphatic heterocycles. The molecule has 7 heteroatoms. The first-order valence-corrected chi connectivity index (χ1v) is 14.3. The number of aliphatic hydroxyl groups is 1. The van der Waals surface area contributed by atoms with Crippen molar-refractivity contribution in [3.63, 3.8) is 0 Å². The van der Waals surface area contributed by atoms with Crippen LogP contribution in [-0.2, 0) is 19.9 Å². The molecule has 3 N–H and O–H groups in total. The summed E-state index contributed by atoms with van der Waals surface area (Å²) in [5, 5.41) is 18.0. The smallest absolute Gasteiger partial charge is 0.242 e. The zero-order valence-corrected chi connectivity index (χ0v) is 23.6. The molecule has 1 saturated carbocycles. The third kappa shape index (κ3) is 8.52. The molecule has 1 aromatic rings. The molecule has 1 saturated heterocycles. The SMILES string of the molecule is CC(C)c1cccc(C2(NC[C@@H](O)[C@@H]3C[C@H](C)CCCOCCCCC(=O)N(C)[C@@H](C)C(=O)N3)CC2)c1. The van der Waals surface area contributed by atoms with Gasteiger partial charge in [0, 0.05) is 38.8 Å². The number of carbonyl (C=O) groups is 2. The largest absolute Gasteiger partial charge is 0.390 e. The summed E-state index contributed by atoms with van der Waals surface area (Å²) in [6.07, 6.45) is 5.95. The van der Waals surface area contributed by atoms with E-state index < -0.39 is 18.2 Å². The van der Waals surface area contributed by atoms with Gasteiger partial charge in [0.2, 0.25) is 11.8 Å². The molecule has 7 nitrogen and oxygen atoms in total. The zero-order valence-electron chi connectivity index (χ0n) is 23.6. The van der Waals surface area contributed by atoms with Gasteiger partial charge in [-0.15, -0.1) is 0 Å². The third-order valence-corrected chi connectivity index (χ3v) is 8.22. The van der Waals surface area contributed by atoms with E-state index in [9.17, 15) is 14.7 Å². The minimum atomic E-state index is -0.736. The zero-order chi connectivity index (χ0) is 27.0. The number of hydrogen-bond acceptors (Lipinski definition) is 5. The first-order chi connectivity index (χ1) is 17.6. The summed E-state index contributed by atoms with van der Waals surface area (Å²) in [4.78, 5) is 27.3. The lowest BCUT2D eigenvalue weighted by Gasteiger charge is -2.32. The van der Waals surface area contributed by atoms with E-state index in [1.807, 2.05) is 0 Å². The fraction of sp³-hybridized carbons (Fsp3) is 0.733. The molecular formula is C30H49N3O4. The Morgan fingerprint density at radius 2 is 1.89 bits per heavy atom. The lowest BCUT2D eigenvalue weighted by atomic mass is 9.93. The van der Waals surface area contributed by atoms with Crippen LogP contribution in [0.3, 0.4) is 0 Å². The van der Waals surface area contributed by atoms with E-state index in [1.54, 1.807) is 14.0 Å². The van der Waals surface area contributed by atoms with E-state index in [0.717, 1.165) is 38.5 Å². The fourth-order valence-corrected chi connectivity index (χ4v) is 5.18. The molecular weight excluding hydrogens is 466 g/mol. The van der Waals surface area contributed by atoms with Gasteiger partial charge in [-0.1, -0.05) is 45.0 Å². The Bertz CT molecular complexity index is 885. The maximum Gasteiger partial charge on any atom is 0.242 e. The molecule has 0 unspecified atom stereocenters. The number of likely N-dealkylation sites (N-methyl/N-ethyl adjacent to an activating group) is 1. The van der Waals surface area contributed by atoms with Crippen molar-refractivity contribution in [2.45, 2.75) is 109 Å². The van der Waals surface area contributed by atoms with Crippen LogP contribution in [0.1, 0.15) is 96.1 Å². The van der Waals surface area contributed by atoms with Crippen LogP contribution < -0.4 is 10.6 Å². The molecule has 0 aromatic heterocycles. The lowest BCUT2D eigenvalue weighted by Crippen LogP contribution is -2.54. The lowest BCUT2D eigenvalue weighted by molar-refractivity contribution is -0.139. The average Bonchev–Trinajstić information content (AvgIpc) is 3.68. The molecule has 1 aliphatic carbocycles. The molecule has 208 valence electrons. The highest BCUT2D eigenvalue weighted by Gasteiger charge is 2.44. The van der Waals surface area contributed by atoms with E-state index in [1.165, 1.54) is 16.0 Å². The minimum Gasteiger partial charge on any atom is -0.390 e. The number of amides is 2. The Hall–Kier alpha value is -1.96. The predicted molar refractivity (Wildman–Crippen MR) is 147 cm³/mol. The quantitative estimate of drug-likeness (QED) is 0.531. The summed E-state index contributed by atoms with van der Waals surface area (Å²) in [7, 11) is 1.68. The minimum absolute atomic E-state index is 0.0406. The van der Waals surface area contributed by atoms with Crippen molar-refractivity contribution in [1.29, 1.82) is 0 Å². The van der Waals surface area contributed by atoms with Gasteiger partial charge in [-0.3, -0.25) is 9.59 Å². The van der Waals surface area contributed by atoms with Gasteiger partial charge in [-0.25, -0.2) is 0 Å². The van der Waals surface area contributed by atoms with Crippen LogP contribution in [0.25, 0.3) is 0 Å². The Labute approximate surface area is 223 Å². The molecule has 0 radical (unpaired) electrons. The molecule has 0 bridgehead atoms. The number of carbonyl (C=O) groups excluding carboxylic acids is 2. The molecule has 4 atom stereocenters. The normalized spacial score (nSPS) is 27.1. The molecule has 3 rings (SSSR count). The van der Waals surface area contributed by atoms with Crippen molar-refractivity contribution in [2.24, 2.45) is 5.92 Å². The van der Waals surface area contributed by atoms with Crippen molar-refractivity contribution in [3.8, 4) is 0 Å². The first kappa shape index (κ1) is 29.6. The van der Waals surface area contributed by atoms with Gasteiger partial charge in [0.1, 0.15) is 6.04 Å². The Balaban J connectivity index is 1.68.